The molecule has 27 heavy (non-hydrogen) atoms. The Bertz CT molecular complexity index is 1060. The fourth-order valence-electron chi connectivity index (χ4n) is 2.48. The quantitative estimate of drug-likeness (QED) is 0.431. The molecule has 0 aliphatic heterocycles. The summed E-state index contributed by atoms with van der Waals surface area (Å²) in [7, 11) is 0. The van der Waals surface area contributed by atoms with Crippen LogP contribution in [-0.4, -0.2) is 10.9 Å². The molecule has 0 fully saturated rings. The third kappa shape index (κ3) is 4.19. The highest BCUT2D eigenvalue weighted by atomic mass is 35.5. The fourth-order valence-corrected chi connectivity index (χ4v) is 3.34. The molecule has 4 rings (SSSR count). The summed E-state index contributed by atoms with van der Waals surface area (Å²) < 4.78 is 5.11. The van der Waals surface area contributed by atoms with E-state index in [4.69, 9.17) is 16.0 Å². The van der Waals surface area contributed by atoms with Gasteiger partial charge in [0, 0.05) is 27.3 Å². The number of nitrogens with zero attached hydrogens (tertiary/aromatic N) is 1. The lowest BCUT2D eigenvalue weighted by Gasteiger charge is -2.05. The van der Waals surface area contributed by atoms with Crippen LogP contribution in [0.4, 0.5) is 16.5 Å². The van der Waals surface area contributed by atoms with Gasteiger partial charge < -0.3 is 15.1 Å². The molecule has 0 atom stereocenters. The van der Waals surface area contributed by atoms with E-state index in [1.54, 1.807) is 12.1 Å². The molecule has 2 heterocycles. The van der Waals surface area contributed by atoms with Crippen LogP contribution in [0.5, 0.6) is 0 Å². The number of nitrogens with one attached hydrogen (secondary N) is 2. The summed E-state index contributed by atoms with van der Waals surface area (Å²) in [5, 5.41) is 9.50. The first-order chi connectivity index (χ1) is 13.2. The fraction of sp³-hybridized carbons (Fsp3) is 0. The maximum absolute atomic E-state index is 12.1. The van der Waals surface area contributed by atoms with Gasteiger partial charge in [0.2, 0.25) is 0 Å². The van der Waals surface area contributed by atoms with Crippen LogP contribution in [-0.2, 0) is 0 Å². The SMILES string of the molecule is O=C(Nc1cccc(-c2csc(Nc3ccc(Cl)cc3)n2)c1)c1ccco1. The number of carbonyl (C=O) groups excluding carboxylic acids is 1. The molecule has 134 valence electrons. The van der Waals surface area contributed by atoms with Crippen molar-refractivity contribution in [1.29, 1.82) is 0 Å². The minimum atomic E-state index is -0.291. The van der Waals surface area contributed by atoms with Crippen LogP contribution in [0, 0.1) is 0 Å². The van der Waals surface area contributed by atoms with Crippen molar-refractivity contribution in [3.8, 4) is 11.3 Å². The van der Waals surface area contributed by atoms with E-state index in [1.807, 2.05) is 53.9 Å². The van der Waals surface area contributed by atoms with Crippen LogP contribution >= 0.6 is 22.9 Å². The first-order valence-electron chi connectivity index (χ1n) is 8.11. The number of hydrogen-bond acceptors (Lipinski definition) is 5. The first-order valence-corrected chi connectivity index (χ1v) is 9.36. The molecule has 0 bridgehead atoms. The molecule has 0 saturated heterocycles. The standard InChI is InChI=1S/C20H14ClN3O2S/c21-14-6-8-15(9-7-14)23-20-24-17(12-27-20)13-3-1-4-16(11-13)22-19(25)18-5-2-10-26-18/h1-12H,(H,22,25)(H,23,24). The zero-order chi connectivity index (χ0) is 18.6. The van der Waals surface area contributed by atoms with E-state index in [1.165, 1.54) is 17.6 Å². The number of hydrogen-bond donors (Lipinski definition) is 2. The summed E-state index contributed by atoms with van der Waals surface area (Å²) in [6.45, 7) is 0. The normalized spacial score (nSPS) is 10.6. The Morgan fingerprint density at radius 2 is 1.89 bits per heavy atom. The lowest BCUT2D eigenvalue weighted by molar-refractivity contribution is 0.0996. The zero-order valence-electron chi connectivity index (χ0n) is 14.0. The van der Waals surface area contributed by atoms with E-state index in [2.05, 4.69) is 15.6 Å². The predicted octanol–water partition coefficient (Wildman–Crippen LogP) is 6.05. The lowest BCUT2D eigenvalue weighted by Crippen LogP contribution is -2.10. The summed E-state index contributed by atoms with van der Waals surface area (Å²) in [4.78, 5) is 16.7. The van der Waals surface area contributed by atoms with Crippen LogP contribution in [0.1, 0.15) is 10.6 Å². The number of aromatic nitrogens is 1. The van der Waals surface area contributed by atoms with Crippen LogP contribution in [0.25, 0.3) is 11.3 Å². The van der Waals surface area contributed by atoms with E-state index < -0.39 is 0 Å². The predicted molar refractivity (Wildman–Crippen MR) is 109 cm³/mol. The molecule has 0 aliphatic rings. The Hall–Kier alpha value is -3.09. The van der Waals surface area contributed by atoms with Gasteiger partial charge in [-0.15, -0.1) is 11.3 Å². The molecule has 5 nitrogen and oxygen atoms in total. The third-order valence-electron chi connectivity index (χ3n) is 3.76. The van der Waals surface area contributed by atoms with E-state index in [9.17, 15) is 4.79 Å². The summed E-state index contributed by atoms with van der Waals surface area (Å²) in [6.07, 6.45) is 1.47. The summed E-state index contributed by atoms with van der Waals surface area (Å²) >= 11 is 7.41. The van der Waals surface area contributed by atoms with Crippen molar-refractivity contribution in [3.05, 3.63) is 83.1 Å². The number of benzene rings is 2. The van der Waals surface area contributed by atoms with Gasteiger partial charge in [0.1, 0.15) is 0 Å². The van der Waals surface area contributed by atoms with E-state index in [-0.39, 0.29) is 11.7 Å². The van der Waals surface area contributed by atoms with Gasteiger partial charge in [-0.3, -0.25) is 4.79 Å². The van der Waals surface area contributed by atoms with Gasteiger partial charge in [-0.25, -0.2) is 4.98 Å². The average Bonchev–Trinajstić information content (AvgIpc) is 3.36. The molecule has 0 spiro atoms. The van der Waals surface area contributed by atoms with Gasteiger partial charge in [-0.1, -0.05) is 23.7 Å². The van der Waals surface area contributed by atoms with E-state index in [0.29, 0.717) is 10.7 Å². The van der Waals surface area contributed by atoms with Gasteiger partial charge in [-0.2, -0.15) is 0 Å². The minimum absolute atomic E-state index is 0.267. The lowest BCUT2D eigenvalue weighted by atomic mass is 10.1. The van der Waals surface area contributed by atoms with Crippen molar-refractivity contribution in [3.63, 3.8) is 0 Å². The third-order valence-corrected chi connectivity index (χ3v) is 4.77. The van der Waals surface area contributed by atoms with Crippen molar-refractivity contribution in [1.82, 2.24) is 4.98 Å². The smallest absolute Gasteiger partial charge is 0.291 e. The number of thiazole rings is 1. The van der Waals surface area contributed by atoms with Crippen molar-refractivity contribution >= 4 is 45.4 Å². The molecule has 0 radical (unpaired) electrons. The highest BCUT2D eigenvalue weighted by Crippen LogP contribution is 2.29. The minimum Gasteiger partial charge on any atom is -0.459 e. The van der Waals surface area contributed by atoms with Crippen molar-refractivity contribution in [2.45, 2.75) is 0 Å². The van der Waals surface area contributed by atoms with Crippen molar-refractivity contribution < 1.29 is 9.21 Å². The monoisotopic (exact) mass is 395 g/mol. The molecule has 4 aromatic rings. The molecule has 2 aromatic heterocycles. The number of rotatable bonds is 5. The maximum atomic E-state index is 12.1. The molecule has 2 aromatic carbocycles. The van der Waals surface area contributed by atoms with Gasteiger partial charge in [0.05, 0.1) is 12.0 Å². The van der Waals surface area contributed by atoms with Crippen LogP contribution < -0.4 is 10.6 Å². The molecule has 2 N–H and O–H groups in total. The number of amides is 1. The highest BCUT2D eigenvalue weighted by molar-refractivity contribution is 7.14. The zero-order valence-corrected chi connectivity index (χ0v) is 15.6. The Labute approximate surface area is 164 Å². The van der Waals surface area contributed by atoms with E-state index in [0.717, 1.165) is 22.1 Å². The maximum Gasteiger partial charge on any atom is 0.291 e. The second-order valence-corrected chi connectivity index (χ2v) is 6.98. The number of carbonyl (C=O) groups is 1. The topological polar surface area (TPSA) is 67.2 Å². The van der Waals surface area contributed by atoms with Gasteiger partial charge in [0.25, 0.3) is 5.91 Å². The second kappa shape index (κ2) is 7.65. The average molecular weight is 396 g/mol. The Morgan fingerprint density at radius 1 is 1.04 bits per heavy atom. The van der Waals surface area contributed by atoms with Gasteiger partial charge >= 0.3 is 0 Å². The number of anilines is 3. The van der Waals surface area contributed by atoms with Crippen molar-refractivity contribution in [2.24, 2.45) is 0 Å². The van der Waals surface area contributed by atoms with Gasteiger partial charge in [0.15, 0.2) is 10.9 Å². The number of furan rings is 1. The van der Waals surface area contributed by atoms with Crippen LogP contribution in [0.2, 0.25) is 5.02 Å². The largest absolute Gasteiger partial charge is 0.459 e. The number of halogens is 1. The molecule has 0 aliphatic carbocycles. The summed E-state index contributed by atoms with van der Waals surface area (Å²) in [6, 6.07) is 18.3. The molecule has 1 amide bonds. The van der Waals surface area contributed by atoms with Crippen LogP contribution in [0.15, 0.2) is 76.7 Å². The molecular formula is C20H14ClN3O2S. The second-order valence-electron chi connectivity index (χ2n) is 5.68. The first kappa shape index (κ1) is 17.3. The van der Waals surface area contributed by atoms with Gasteiger partial charge in [-0.05, 0) is 48.5 Å². The molecule has 0 unspecified atom stereocenters. The summed E-state index contributed by atoms with van der Waals surface area (Å²) in [5.74, 6) is -0.0240. The molecular weight excluding hydrogens is 382 g/mol. The Kier molecular flexibility index (Phi) is 4.91. The van der Waals surface area contributed by atoms with E-state index >= 15 is 0 Å². The summed E-state index contributed by atoms with van der Waals surface area (Å²) in [5.41, 5.74) is 3.33. The Morgan fingerprint density at radius 3 is 2.67 bits per heavy atom. The van der Waals surface area contributed by atoms with Crippen LogP contribution in [0.3, 0.4) is 0 Å². The van der Waals surface area contributed by atoms with Crippen molar-refractivity contribution in [2.75, 3.05) is 10.6 Å². The Balaban J connectivity index is 1.49. The molecule has 0 saturated carbocycles. The molecule has 7 heteroatoms. The highest BCUT2D eigenvalue weighted by Gasteiger charge is 2.10.